The van der Waals surface area contributed by atoms with E-state index in [0.717, 1.165) is 44.1 Å². The minimum absolute atomic E-state index is 0.232. The highest BCUT2D eigenvalue weighted by Gasteiger charge is 2.34. The van der Waals surface area contributed by atoms with Gasteiger partial charge >= 0.3 is 0 Å². The van der Waals surface area contributed by atoms with Crippen molar-refractivity contribution in [2.24, 2.45) is 0 Å². The van der Waals surface area contributed by atoms with Gasteiger partial charge in [0.15, 0.2) is 0 Å². The van der Waals surface area contributed by atoms with Crippen LogP contribution in [0.3, 0.4) is 0 Å². The molecule has 0 unspecified atom stereocenters. The summed E-state index contributed by atoms with van der Waals surface area (Å²) >= 11 is 1.39. The molecule has 11 rings (SSSR count). The molecule has 0 saturated heterocycles. The fraction of sp³-hybridized carbons (Fsp3) is 0.0732. The van der Waals surface area contributed by atoms with Gasteiger partial charge in [-0.1, -0.05) is 74.0 Å². The normalized spacial score (nSPS) is 16.5. The maximum atomic E-state index is 9.17. The van der Waals surface area contributed by atoms with Gasteiger partial charge in [0, 0.05) is 34.8 Å². The summed E-state index contributed by atoms with van der Waals surface area (Å²) in [5, 5.41) is 0. The van der Waals surface area contributed by atoms with Crippen molar-refractivity contribution in [3.8, 4) is 11.4 Å². The Bertz CT molecular complexity index is 2990. The van der Waals surface area contributed by atoms with E-state index < -0.39 is 19.1 Å². The number of hydrogen-bond donors (Lipinski definition) is 0. The lowest BCUT2D eigenvalue weighted by Crippen LogP contribution is -2.24. The fourth-order valence-corrected chi connectivity index (χ4v) is 8.71. The Kier molecular flexibility index (Phi) is 4.04. The van der Waals surface area contributed by atoms with Crippen molar-refractivity contribution in [2.45, 2.75) is 28.9 Å². The monoisotopic (exact) mass is 642 g/mol. The highest BCUT2D eigenvalue weighted by atomic mass is 32.2. The largest absolute Gasteiger partial charge is 0.278 e. The number of rotatable bonds is 2. The first kappa shape index (κ1) is 21.2. The summed E-state index contributed by atoms with van der Waals surface area (Å²) in [6.07, 6.45) is 0. The topological polar surface area (TPSA) is 44.5 Å². The van der Waals surface area contributed by atoms with Crippen LogP contribution in [0.15, 0.2) is 143 Å². The smallest absolute Gasteiger partial charge is 0.220 e. The molecule has 6 nitrogen and oxygen atoms in total. The molecule has 7 heteroatoms. The van der Waals surface area contributed by atoms with Crippen molar-refractivity contribution < 1.29 is 8.22 Å². The Morgan fingerprint density at radius 2 is 0.917 bits per heavy atom. The molecule has 5 heterocycles. The molecule has 228 valence electrons. The lowest BCUT2D eigenvalue weighted by Gasteiger charge is -2.35. The molecule has 1 aliphatic heterocycles. The summed E-state index contributed by atoms with van der Waals surface area (Å²) in [5.41, 5.74) is 6.43. The minimum Gasteiger partial charge on any atom is -0.278 e. The Morgan fingerprint density at radius 1 is 0.500 bits per heavy atom. The molecule has 0 spiro atoms. The van der Waals surface area contributed by atoms with Gasteiger partial charge in [0.25, 0.3) is 0 Å². The van der Waals surface area contributed by atoms with Crippen LogP contribution in [0.25, 0.3) is 67.1 Å². The first-order valence-electron chi connectivity index (χ1n) is 18.8. The Labute approximate surface area is 287 Å². The average Bonchev–Trinajstić information content (AvgIpc) is 3.89. The molecule has 0 aliphatic carbocycles. The number of aromatic nitrogens is 6. The second-order valence-electron chi connectivity index (χ2n) is 12.3. The van der Waals surface area contributed by atoms with Crippen LogP contribution in [0.5, 0.6) is 0 Å². The molecule has 48 heavy (non-hydrogen) atoms. The standard InChI is InChI=1S/C41H28N6S/c1-41(2)27-23-25(44-33-15-7-9-17-35(33)46-31-13-5-3-11-29(31)42-39(44)46)19-21-37(27)48-38-22-20-26(24-28(38)41)45-34-16-8-10-18-36(34)47-32-14-6-4-12-30(32)43-40(45)47/h3-24H,1-2H3/i1D3,2D3. The van der Waals surface area contributed by atoms with Crippen LogP contribution < -0.4 is 0 Å². The zero-order valence-corrected chi connectivity index (χ0v) is 26.1. The predicted molar refractivity (Wildman–Crippen MR) is 195 cm³/mol. The summed E-state index contributed by atoms with van der Waals surface area (Å²) < 4.78 is 63.2. The SMILES string of the molecule is [2H]C([2H])([2H])C1(C([2H])([2H])[2H])c2cc(-n3c4ccccc4n4c5ccccc5nc34)ccc2Sc2ccc(-n3c4ccccc4n4c5ccccc5nc34)cc21. The van der Waals surface area contributed by atoms with Crippen LogP contribution in [0, 0.1) is 0 Å². The molecule has 0 N–H and O–H groups in total. The number of benzene rings is 6. The first-order valence-corrected chi connectivity index (χ1v) is 16.6. The maximum absolute atomic E-state index is 9.17. The molecular weight excluding hydrogens is 609 g/mol. The number of nitrogens with zero attached hydrogens (tertiary/aromatic N) is 6. The van der Waals surface area contributed by atoms with Crippen LogP contribution in [0.1, 0.15) is 33.1 Å². The highest BCUT2D eigenvalue weighted by molar-refractivity contribution is 7.99. The highest BCUT2D eigenvalue weighted by Crippen LogP contribution is 2.50. The van der Waals surface area contributed by atoms with Gasteiger partial charge in [-0.2, -0.15) is 0 Å². The van der Waals surface area contributed by atoms with E-state index in [1.165, 1.54) is 11.8 Å². The third kappa shape index (κ3) is 3.33. The minimum atomic E-state index is -2.98. The molecule has 4 aromatic heterocycles. The van der Waals surface area contributed by atoms with E-state index in [1.807, 2.05) is 130 Å². The molecule has 0 atom stereocenters. The Hall–Kier alpha value is -5.79. The molecule has 1 aliphatic rings. The van der Waals surface area contributed by atoms with E-state index in [2.05, 4.69) is 8.80 Å². The molecule has 10 aromatic rings. The van der Waals surface area contributed by atoms with E-state index in [0.29, 0.717) is 32.7 Å². The first-order chi connectivity index (χ1) is 26.1. The number of imidazole rings is 4. The molecule has 0 fully saturated rings. The van der Waals surface area contributed by atoms with Crippen molar-refractivity contribution in [1.82, 2.24) is 27.9 Å². The summed E-state index contributed by atoms with van der Waals surface area (Å²) in [5.74, 6) is 1.29. The second-order valence-corrected chi connectivity index (χ2v) is 13.4. The second kappa shape index (κ2) is 9.18. The number of para-hydroxylation sites is 8. The van der Waals surface area contributed by atoms with Crippen molar-refractivity contribution >= 4 is 67.5 Å². The van der Waals surface area contributed by atoms with E-state index in [1.54, 1.807) is 12.1 Å². The quantitative estimate of drug-likeness (QED) is 0.189. The van der Waals surface area contributed by atoms with Crippen molar-refractivity contribution in [2.75, 3.05) is 0 Å². The van der Waals surface area contributed by atoms with Crippen molar-refractivity contribution in [1.29, 1.82) is 0 Å². The zero-order chi connectivity index (χ0) is 36.7. The summed E-state index contributed by atoms with van der Waals surface area (Å²) in [7, 11) is 0. The van der Waals surface area contributed by atoms with E-state index in [9.17, 15) is 8.22 Å². The molecule has 0 saturated carbocycles. The van der Waals surface area contributed by atoms with Gasteiger partial charge in [-0.3, -0.25) is 17.9 Å². The average molecular weight is 643 g/mol. The van der Waals surface area contributed by atoms with Crippen molar-refractivity contribution in [3.63, 3.8) is 0 Å². The lowest BCUT2D eigenvalue weighted by atomic mass is 9.77. The van der Waals surface area contributed by atoms with E-state index in [4.69, 9.17) is 9.97 Å². The molecule has 0 radical (unpaired) electrons. The van der Waals surface area contributed by atoms with Gasteiger partial charge in [0.1, 0.15) is 0 Å². The number of hydrogen-bond acceptors (Lipinski definition) is 3. The molecular formula is C41H28N6S. The third-order valence-electron chi connectivity index (χ3n) is 9.68. The van der Waals surface area contributed by atoms with Gasteiger partial charge in [-0.15, -0.1) is 0 Å². The van der Waals surface area contributed by atoms with Crippen molar-refractivity contribution in [3.05, 3.63) is 145 Å². The van der Waals surface area contributed by atoms with Crippen LogP contribution in [-0.4, -0.2) is 27.9 Å². The Balaban J connectivity index is 1.20. The van der Waals surface area contributed by atoms with Crippen LogP contribution in [0.2, 0.25) is 0 Å². The van der Waals surface area contributed by atoms with Crippen LogP contribution in [0.4, 0.5) is 0 Å². The molecule has 0 bridgehead atoms. The fourth-order valence-electron chi connectivity index (χ4n) is 7.55. The molecule has 6 aromatic carbocycles. The van der Waals surface area contributed by atoms with Gasteiger partial charge < -0.3 is 0 Å². The summed E-state index contributed by atoms with van der Waals surface area (Å²) in [6, 6.07) is 42.8. The molecule has 0 amide bonds. The van der Waals surface area contributed by atoms with E-state index in [-0.39, 0.29) is 11.1 Å². The lowest BCUT2D eigenvalue weighted by molar-refractivity contribution is 0.606. The van der Waals surface area contributed by atoms with Crippen LogP contribution in [-0.2, 0) is 5.41 Å². The van der Waals surface area contributed by atoms with E-state index >= 15 is 0 Å². The van der Waals surface area contributed by atoms with Crippen LogP contribution >= 0.6 is 11.8 Å². The van der Waals surface area contributed by atoms with Gasteiger partial charge in [-0.25, -0.2) is 9.97 Å². The Morgan fingerprint density at radius 3 is 1.38 bits per heavy atom. The van der Waals surface area contributed by atoms with Gasteiger partial charge in [0.05, 0.1) is 44.1 Å². The predicted octanol–water partition coefficient (Wildman–Crippen LogP) is 9.97. The zero-order valence-electron chi connectivity index (χ0n) is 31.3. The summed E-state index contributed by atoms with van der Waals surface area (Å²) in [4.78, 5) is 11.2. The van der Waals surface area contributed by atoms with Gasteiger partial charge in [-0.05, 0) is 96.1 Å². The number of fused-ring (bicyclic) bond motifs is 12. The maximum Gasteiger partial charge on any atom is 0.220 e. The third-order valence-corrected chi connectivity index (χ3v) is 10.8. The van der Waals surface area contributed by atoms with Gasteiger partial charge in [0.2, 0.25) is 11.6 Å². The summed E-state index contributed by atoms with van der Waals surface area (Å²) in [6.45, 7) is -5.96.